The van der Waals surface area contributed by atoms with Crippen molar-refractivity contribution in [2.75, 3.05) is 0 Å². The second kappa shape index (κ2) is 6.43. The van der Waals surface area contributed by atoms with Gasteiger partial charge in [-0.05, 0) is 24.5 Å². The van der Waals surface area contributed by atoms with Gasteiger partial charge in [-0.1, -0.05) is 25.1 Å². The molecule has 2 rings (SSSR count). The summed E-state index contributed by atoms with van der Waals surface area (Å²) in [5.41, 5.74) is 6.73. The Morgan fingerprint density at radius 1 is 1.32 bits per heavy atom. The van der Waals surface area contributed by atoms with Crippen LogP contribution in [0.3, 0.4) is 0 Å². The van der Waals surface area contributed by atoms with Crippen LogP contribution in [0.2, 0.25) is 0 Å². The third-order valence-corrected chi connectivity index (χ3v) is 3.02. The molecule has 1 atom stereocenters. The standard InChI is InChI=1S/C14H19FN4/c1-2-7-19-14(17-10-18-19)9-12(16)8-11-5-3-4-6-13(11)15/h3-6,10,12H,2,7-9,16H2,1H3. The molecule has 1 unspecified atom stereocenters. The second-order valence-electron chi connectivity index (χ2n) is 4.66. The minimum Gasteiger partial charge on any atom is -0.327 e. The lowest BCUT2D eigenvalue weighted by Crippen LogP contribution is -2.27. The fourth-order valence-electron chi connectivity index (χ4n) is 2.10. The van der Waals surface area contributed by atoms with Crippen molar-refractivity contribution in [3.8, 4) is 0 Å². The van der Waals surface area contributed by atoms with Crippen LogP contribution in [0.15, 0.2) is 30.6 Å². The fourth-order valence-corrected chi connectivity index (χ4v) is 2.10. The van der Waals surface area contributed by atoms with E-state index in [1.54, 1.807) is 18.5 Å². The Morgan fingerprint density at radius 3 is 2.84 bits per heavy atom. The largest absolute Gasteiger partial charge is 0.327 e. The molecule has 0 saturated carbocycles. The number of hydrogen-bond acceptors (Lipinski definition) is 3. The highest BCUT2D eigenvalue weighted by atomic mass is 19.1. The summed E-state index contributed by atoms with van der Waals surface area (Å²) in [6, 6.07) is 6.58. The highest BCUT2D eigenvalue weighted by Gasteiger charge is 2.12. The zero-order valence-electron chi connectivity index (χ0n) is 11.1. The number of aryl methyl sites for hydroxylation is 1. The van der Waals surface area contributed by atoms with E-state index in [0.29, 0.717) is 18.4 Å². The maximum absolute atomic E-state index is 13.5. The van der Waals surface area contributed by atoms with Gasteiger partial charge in [-0.2, -0.15) is 5.10 Å². The number of hydrogen-bond donors (Lipinski definition) is 1. The van der Waals surface area contributed by atoms with Crippen LogP contribution in [0.4, 0.5) is 4.39 Å². The van der Waals surface area contributed by atoms with Crippen molar-refractivity contribution in [1.29, 1.82) is 0 Å². The smallest absolute Gasteiger partial charge is 0.138 e. The molecule has 0 aliphatic rings. The maximum Gasteiger partial charge on any atom is 0.138 e. The molecule has 2 aromatic rings. The molecule has 0 spiro atoms. The van der Waals surface area contributed by atoms with Crippen molar-refractivity contribution in [2.24, 2.45) is 5.73 Å². The molecular weight excluding hydrogens is 243 g/mol. The molecule has 1 heterocycles. The molecule has 19 heavy (non-hydrogen) atoms. The van der Waals surface area contributed by atoms with Crippen molar-refractivity contribution in [3.05, 3.63) is 47.8 Å². The number of nitrogens with zero attached hydrogens (tertiary/aromatic N) is 3. The zero-order valence-corrected chi connectivity index (χ0v) is 11.1. The molecule has 4 nitrogen and oxygen atoms in total. The van der Waals surface area contributed by atoms with Crippen LogP contribution in [0.1, 0.15) is 24.7 Å². The van der Waals surface area contributed by atoms with Gasteiger partial charge in [-0.25, -0.2) is 9.37 Å². The Balaban J connectivity index is 1.99. The van der Waals surface area contributed by atoms with Gasteiger partial charge in [0, 0.05) is 19.0 Å². The van der Waals surface area contributed by atoms with Gasteiger partial charge < -0.3 is 5.73 Å². The summed E-state index contributed by atoms with van der Waals surface area (Å²) in [5, 5.41) is 4.16. The maximum atomic E-state index is 13.5. The summed E-state index contributed by atoms with van der Waals surface area (Å²) in [6.07, 6.45) is 3.65. The summed E-state index contributed by atoms with van der Waals surface area (Å²) < 4.78 is 15.4. The summed E-state index contributed by atoms with van der Waals surface area (Å²) in [5.74, 6) is 0.665. The summed E-state index contributed by atoms with van der Waals surface area (Å²) in [7, 11) is 0. The van der Waals surface area contributed by atoms with E-state index in [1.165, 1.54) is 6.07 Å². The highest BCUT2D eigenvalue weighted by molar-refractivity contribution is 5.18. The van der Waals surface area contributed by atoms with Gasteiger partial charge in [-0.15, -0.1) is 0 Å². The molecule has 0 amide bonds. The summed E-state index contributed by atoms with van der Waals surface area (Å²) >= 11 is 0. The Bertz CT molecular complexity index is 524. The van der Waals surface area contributed by atoms with Crippen molar-refractivity contribution in [2.45, 2.75) is 38.8 Å². The van der Waals surface area contributed by atoms with Crippen LogP contribution in [0.5, 0.6) is 0 Å². The Labute approximate surface area is 112 Å². The second-order valence-corrected chi connectivity index (χ2v) is 4.66. The highest BCUT2D eigenvalue weighted by Crippen LogP contribution is 2.10. The van der Waals surface area contributed by atoms with E-state index in [0.717, 1.165) is 18.8 Å². The van der Waals surface area contributed by atoms with E-state index >= 15 is 0 Å². The van der Waals surface area contributed by atoms with E-state index in [2.05, 4.69) is 17.0 Å². The van der Waals surface area contributed by atoms with Gasteiger partial charge in [0.05, 0.1) is 0 Å². The van der Waals surface area contributed by atoms with Crippen molar-refractivity contribution >= 4 is 0 Å². The monoisotopic (exact) mass is 262 g/mol. The lowest BCUT2D eigenvalue weighted by Gasteiger charge is -2.12. The first-order chi connectivity index (χ1) is 9.20. The van der Waals surface area contributed by atoms with Gasteiger partial charge in [0.15, 0.2) is 0 Å². The minimum atomic E-state index is -0.201. The van der Waals surface area contributed by atoms with E-state index < -0.39 is 0 Å². The van der Waals surface area contributed by atoms with Gasteiger partial charge >= 0.3 is 0 Å². The molecule has 0 aliphatic heterocycles. The predicted octanol–water partition coefficient (Wildman–Crippen LogP) is 1.94. The van der Waals surface area contributed by atoms with E-state index in [4.69, 9.17) is 5.73 Å². The average Bonchev–Trinajstić information content (AvgIpc) is 2.80. The molecule has 2 N–H and O–H groups in total. The number of aromatic nitrogens is 3. The molecule has 102 valence electrons. The quantitative estimate of drug-likeness (QED) is 0.865. The number of rotatable bonds is 6. The molecule has 0 fully saturated rings. The third kappa shape index (κ3) is 3.61. The third-order valence-electron chi connectivity index (χ3n) is 3.02. The Kier molecular flexibility index (Phi) is 4.63. The van der Waals surface area contributed by atoms with Gasteiger partial charge in [0.2, 0.25) is 0 Å². The number of benzene rings is 1. The van der Waals surface area contributed by atoms with Crippen LogP contribution in [0.25, 0.3) is 0 Å². The molecule has 0 saturated heterocycles. The SMILES string of the molecule is CCCn1ncnc1CC(N)Cc1ccccc1F. The molecule has 0 radical (unpaired) electrons. The minimum absolute atomic E-state index is 0.156. The molecule has 1 aromatic carbocycles. The molecule has 5 heteroatoms. The summed E-state index contributed by atoms with van der Waals surface area (Å²) in [4.78, 5) is 4.22. The topological polar surface area (TPSA) is 56.7 Å². The van der Waals surface area contributed by atoms with Crippen molar-refractivity contribution in [1.82, 2.24) is 14.8 Å². The zero-order chi connectivity index (χ0) is 13.7. The van der Waals surface area contributed by atoms with Crippen LogP contribution < -0.4 is 5.73 Å². The number of halogens is 1. The summed E-state index contributed by atoms with van der Waals surface area (Å²) in [6.45, 7) is 2.92. The molecule has 0 bridgehead atoms. The normalized spacial score (nSPS) is 12.6. The Hall–Kier alpha value is -1.75. The van der Waals surface area contributed by atoms with Crippen LogP contribution in [0, 0.1) is 5.82 Å². The fraction of sp³-hybridized carbons (Fsp3) is 0.429. The molecule has 0 aliphatic carbocycles. The molecule has 1 aromatic heterocycles. The van der Waals surface area contributed by atoms with E-state index in [1.807, 2.05) is 10.7 Å². The van der Waals surface area contributed by atoms with Crippen LogP contribution in [-0.2, 0) is 19.4 Å². The first-order valence-electron chi connectivity index (χ1n) is 6.56. The van der Waals surface area contributed by atoms with Crippen molar-refractivity contribution < 1.29 is 4.39 Å². The van der Waals surface area contributed by atoms with Gasteiger partial charge in [0.1, 0.15) is 18.0 Å². The average molecular weight is 262 g/mol. The van der Waals surface area contributed by atoms with E-state index in [-0.39, 0.29) is 11.9 Å². The lowest BCUT2D eigenvalue weighted by atomic mass is 10.0. The lowest BCUT2D eigenvalue weighted by molar-refractivity contribution is 0.532. The molecular formula is C14H19FN4. The predicted molar refractivity (Wildman–Crippen MR) is 72.1 cm³/mol. The van der Waals surface area contributed by atoms with Crippen molar-refractivity contribution in [3.63, 3.8) is 0 Å². The van der Waals surface area contributed by atoms with Crippen LogP contribution >= 0.6 is 0 Å². The van der Waals surface area contributed by atoms with Gasteiger partial charge in [0.25, 0.3) is 0 Å². The number of nitrogens with two attached hydrogens (primary N) is 1. The first kappa shape index (κ1) is 13.7. The first-order valence-corrected chi connectivity index (χ1v) is 6.56. The van der Waals surface area contributed by atoms with Gasteiger partial charge in [-0.3, -0.25) is 4.68 Å². The Morgan fingerprint density at radius 2 is 2.11 bits per heavy atom. The van der Waals surface area contributed by atoms with E-state index in [9.17, 15) is 4.39 Å². The van der Waals surface area contributed by atoms with Crippen LogP contribution in [-0.4, -0.2) is 20.8 Å².